The topological polar surface area (TPSA) is 72.2 Å². The highest BCUT2D eigenvalue weighted by Gasteiger charge is 2.41. The maximum Gasteiger partial charge on any atom is 0.224 e. The van der Waals surface area contributed by atoms with E-state index in [1.165, 1.54) is 6.42 Å². The number of hydrogen-bond donors (Lipinski definition) is 2. The smallest absolute Gasteiger partial charge is 0.224 e. The number of carbonyl (C=O) groups is 2. The Morgan fingerprint density at radius 3 is 2.24 bits per heavy atom. The zero-order valence-electron chi connectivity index (χ0n) is 14.2. The van der Waals surface area contributed by atoms with E-state index in [0.29, 0.717) is 11.8 Å². The van der Waals surface area contributed by atoms with Gasteiger partial charge in [0.05, 0.1) is 0 Å². The lowest BCUT2D eigenvalue weighted by molar-refractivity contribution is -0.135. The van der Waals surface area contributed by atoms with Gasteiger partial charge in [-0.2, -0.15) is 0 Å². The first kappa shape index (κ1) is 18.0. The Balaban J connectivity index is 2.82. The maximum atomic E-state index is 12.6. The van der Waals surface area contributed by atoms with Crippen molar-refractivity contribution >= 4 is 11.8 Å². The molecular weight excluding hydrogens is 264 g/mol. The Labute approximate surface area is 129 Å². The van der Waals surface area contributed by atoms with Crippen molar-refractivity contribution in [1.29, 1.82) is 0 Å². The second-order valence-electron chi connectivity index (χ2n) is 7.71. The number of nitrogens with one attached hydrogen (secondary N) is 1. The Bertz CT molecular complexity index is 373. The zero-order valence-corrected chi connectivity index (χ0v) is 14.2. The molecule has 0 spiro atoms. The number of unbranched alkanes of at least 4 members (excludes halogenated alkanes) is 1. The van der Waals surface area contributed by atoms with Crippen LogP contribution in [0.4, 0.5) is 0 Å². The van der Waals surface area contributed by atoms with Gasteiger partial charge in [0.2, 0.25) is 11.8 Å². The summed E-state index contributed by atoms with van der Waals surface area (Å²) in [6.45, 7) is 10.2. The lowest BCUT2D eigenvalue weighted by Crippen LogP contribution is -2.47. The van der Waals surface area contributed by atoms with Gasteiger partial charge in [0.25, 0.3) is 0 Å². The minimum absolute atomic E-state index is 0.0125. The fraction of sp³-hybridized carbons (Fsp3) is 0.882. The van der Waals surface area contributed by atoms with Crippen LogP contribution in [0.5, 0.6) is 0 Å². The van der Waals surface area contributed by atoms with Crippen molar-refractivity contribution in [3.63, 3.8) is 0 Å². The quantitative estimate of drug-likeness (QED) is 0.723. The van der Waals surface area contributed by atoms with Crippen molar-refractivity contribution in [2.45, 2.75) is 72.3 Å². The van der Waals surface area contributed by atoms with E-state index < -0.39 is 0 Å². The largest absolute Gasteiger partial charge is 0.369 e. The SMILES string of the molecule is CCCC[C@H](C(N)=O)[C@@H](CC1CC1C)C(=O)NC(C)(C)C. The highest BCUT2D eigenvalue weighted by atomic mass is 16.2. The summed E-state index contributed by atoms with van der Waals surface area (Å²) < 4.78 is 0. The molecule has 122 valence electrons. The molecule has 1 aliphatic rings. The summed E-state index contributed by atoms with van der Waals surface area (Å²) >= 11 is 0. The van der Waals surface area contributed by atoms with Gasteiger partial charge in [-0.25, -0.2) is 0 Å². The van der Waals surface area contributed by atoms with Crippen LogP contribution in [0.15, 0.2) is 0 Å². The lowest BCUT2D eigenvalue weighted by atomic mass is 9.82. The van der Waals surface area contributed by atoms with Crippen LogP contribution in [-0.4, -0.2) is 17.4 Å². The highest BCUT2D eigenvalue weighted by Crippen LogP contribution is 2.44. The van der Waals surface area contributed by atoms with Gasteiger partial charge in [0.15, 0.2) is 0 Å². The van der Waals surface area contributed by atoms with Crippen molar-refractivity contribution in [2.24, 2.45) is 29.4 Å². The minimum atomic E-state index is -0.333. The molecule has 0 heterocycles. The van der Waals surface area contributed by atoms with Gasteiger partial charge < -0.3 is 11.1 Å². The van der Waals surface area contributed by atoms with Crippen molar-refractivity contribution in [2.75, 3.05) is 0 Å². The molecule has 1 aliphatic carbocycles. The number of amides is 2. The summed E-state index contributed by atoms with van der Waals surface area (Å²) in [5.74, 6) is 0.300. The first-order valence-electron chi connectivity index (χ1n) is 8.27. The monoisotopic (exact) mass is 296 g/mol. The van der Waals surface area contributed by atoms with E-state index in [9.17, 15) is 9.59 Å². The van der Waals surface area contributed by atoms with Crippen LogP contribution < -0.4 is 11.1 Å². The molecule has 4 atom stereocenters. The molecule has 0 bridgehead atoms. The van der Waals surface area contributed by atoms with Crippen LogP contribution in [0.1, 0.15) is 66.7 Å². The van der Waals surface area contributed by atoms with Gasteiger partial charge in [-0.3, -0.25) is 9.59 Å². The van der Waals surface area contributed by atoms with E-state index in [1.807, 2.05) is 20.8 Å². The summed E-state index contributed by atoms with van der Waals surface area (Å²) in [4.78, 5) is 24.5. The van der Waals surface area contributed by atoms with Crippen molar-refractivity contribution in [3.05, 3.63) is 0 Å². The molecule has 1 rings (SSSR count). The molecule has 2 amide bonds. The zero-order chi connectivity index (χ0) is 16.2. The third-order valence-electron chi connectivity index (χ3n) is 4.39. The second-order valence-corrected chi connectivity index (χ2v) is 7.71. The molecular formula is C17H32N2O2. The van der Waals surface area contributed by atoms with E-state index in [1.54, 1.807) is 0 Å². The van der Waals surface area contributed by atoms with E-state index in [0.717, 1.165) is 25.7 Å². The predicted molar refractivity (Wildman–Crippen MR) is 85.5 cm³/mol. The Morgan fingerprint density at radius 1 is 1.29 bits per heavy atom. The average Bonchev–Trinajstić information content (AvgIpc) is 3.01. The van der Waals surface area contributed by atoms with Crippen LogP contribution in [0.25, 0.3) is 0 Å². The highest BCUT2D eigenvalue weighted by molar-refractivity contribution is 5.87. The first-order valence-corrected chi connectivity index (χ1v) is 8.27. The maximum absolute atomic E-state index is 12.6. The van der Waals surface area contributed by atoms with E-state index >= 15 is 0 Å². The predicted octanol–water partition coefficient (Wildman–Crippen LogP) is 2.86. The van der Waals surface area contributed by atoms with E-state index in [4.69, 9.17) is 5.73 Å². The molecule has 21 heavy (non-hydrogen) atoms. The number of carbonyl (C=O) groups excluding carboxylic acids is 2. The lowest BCUT2D eigenvalue weighted by Gasteiger charge is -2.29. The van der Waals surface area contributed by atoms with Crippen LogP contribution in [0.2, 0.25) is 0 Å². The van der Waals surface area contributed by atoms with Gasteiger partial charge in [-0.05, 0) is 51.9 Å². The number of nitrogens with two attached hydrogens (primary N) is 1. The van der Waals surface area contributed by atoms with E-state index in [-0.39, 0.29) is 29.2 Å². The van der Waals surface area contributed by atoms with Gasteiger partial charge in [0.1, 0.15) is 0 Å². The molecule has 4 nitrogen and oxygen atoms in total. The van der Waals surface area contributed by atoms with Crippen LogP contribution in [-0.2, 0) is 9.59 Å². The Hall–Kier alpha value is -1.06. The third-order valence-corrected chi connectivity index (χ3v) is 4.39. The Kier molecular flexibility index (Phi) is 6.24. The summed E-state index contributed by atoms with van der Waals surface area (Å²) in [7, 11) is 0. The molecule has 0 aromatic heterocycles. The van der Waals surface area contributed by atoms with Gasteiger partial charge >= 0.3 is 0 Å². The van der Waals surface area contributed by atoms with Crippen molar-refractivity contribution < 1.29 is 9.59 Å². The molecule has 1 saturated carbocycles. The molecule has 1 fully saturated rings. The normalized spacial score (nSPS) is 24.2. The van der Waals surface area contributed by atoms with Crippen LogP contribution >= 0.6 is 0 Å². The number of primary amides is 1. The molecule has 4 heteroatoms. The summed E-state index contributed by atoms with van der Waals surface area (Å²) in [5.41, 5.74) is 5.31. The molecule has 0 aromatic carbocycles. The van der Waals surface area contributed by atoms with Gasteiger partial charge in [-0.15, -0.1) is 0 Å². The molecule has 2 unspecified atom stereocenters. The summed E-state index contributed by atoms with van der Waals surface area (Å²) in [6.07, 6.45) is 4.62. The summed E-state index contributed by atoms with van der Waals surface area (Å²) in [6, 6.07) is 0. The number of rotatable bonds is 8. The molecule has 0 radical (unpaired) electrons. The molecule has 0 aromatic rings. The summed E-state index contributed by atoms with van der Waals surface area (Å²) in [5, 5.41) is 3.03. The fourth-order valence-corrected chi connectivity index (χ4v) is 2.94. The van der Waals surface area contributed by atoms with Crippen molar-refractivity contribution in [1.82, 2.24) is 5.32 Å². The first-order chi connectivity index (χ1) is 9.65. The van der Waals surface area contributed by atoms with Crippen molar-refractivity contribution in [3.8, 4) is 0 Å². The van der Waals surface area contributed by atoms with Crippen LogP contribution in [0.3, 0.4) is 0 Å². The second kappa shape index (κ2) is 7.28. The average molecular weight is 296 g/mol. The molecule has 3 N–H and O–H groups in total. The van der Waals surface area contributed by atoms with Gasteiger partial charge in [-0.1, -0.05) is 26.7 Å². The molecule has 0 aliphatic heterocycles. The van der Waals surface area contributed by atoms with E-state index in [2.05, 4.69) is 19.2 Å². The Morgan fingerprint density at radius 2 is 1.86 bits per heavy atom. The standard InChI is InChI=1S/C17H32N2O2/c1-6-7-8-13(15(18)20)14(10-12-9-11(12)2)16(21)19-17(3,4)5/h11-14H,6-10H2,1-5H3,(H2,18,20)(H,19,21)/t11?,12?,13-,14+/m0/s1. The number of hydrogen-bond acceptors (Lipinski definition) is 2. The fourth-order valence-electron chi connectivity index (χ4n) is 2.94. The van der Waals surface area contributed by atoms with Crippen LogP contribution in [0, 0.1) is 23.7 Å². The van der Waals surface area contributed by atoms with Gasteiger partial charge in [0, 0.05) is 17.4 Å². The molecule has 0 saturated heterocycles. The third kappa shape index (κ3) is 6.06. The minimum Gasteiger partial charge on any atom is -0.369 e.